The first-order valence-electron chi connectivity index (χ1n) is 10.2. The van der Waals surface area contributed by atoms with Gasteiger partial charge in [-0.3, -0.25) is 9.79 Å². The minimum atomic E-state index is -0.129. The molecule has 1 saturated heterocycles. The summed E-state index contributed by atoms with van der Waals surface area (Å²) < 4.78 is 16.3. The van der Waals surface area contributed by atoms with Crippen molar-refractivity contribution >= 4 is 35.8 Å². The number of carbonyl (C=O) groups excluding carboxylic acids is 1. The third-order valence-corrected chi connectivity index (χ3v) is 4.71. The Bertz CT molecular complexity index is 639. The number of hydrogen-bond donors (Lipinski definition) is 3. The standard InChI is InChI=1S/C21H34N4O4.HI/c1-22-21(24-9-4-12-29-16-17-7-13-28-14-8-17)25-11-10-23-20(26)18-5-3-6-19(15-18)27-2;/h3,5-6,15,17H,4,7-14,16H2,1-2H3,(H,23,26)(H2,22,24,25);1H. The second kappa shape index (κ2) is 16.1. The second-order valence-electron chi connectivity index (χ2n) is 6.90. The molecule has 1 amide bonds. The van der Waals surface area contributed by atoms with E-state index in [0.29, 0.717) is 36.3 Å². The lowest BCUT2D eigenvalue weighted by Gasteiger charge is -2.21. The first-order valence-corrected chi connectivity index (χ1v) is 10.2. The predicted octanol–water partition coefficient (Wildman–Crippen LogP) is 2.04. The van der Waals surface area contributed by atoms with Crippen LogP contribution in [-0.2, 0) is 9.47 Å². The van der Waals surface area contributed by atoms with Crippen molar-refractivity contribution in [2.24, 2.45) is 10.9 Å². The van der Waals surface area contributed by atoms with E-state index in [0.717, 1.165) is 52.2 Å². The number of amides is 1. The predicted molar refractivity (Wildman–Crippen MR) is 129 cm³/mol. The molecule has 0 aliphatic carbocycles. The quantitative estimate of drug-likeness (QED) is 0.174. The van der Waals surface area contributed by atoms with E-state index in [2.05, 4.69) is 20.9 Å². The highest BCUT2D eigenvalue weighted by Crippen LogP contribution is 2.14. The van der Waals surface area contributed by atoms with Gasteiger partial charge in [0.2, 0.25) is 0 Å². The van der Waals surface area contributed by atoms with Crippen LogP contribution in [0.15, 0.2) is 29.3 Å². The molecule has 0 unspecified atom stereocenters. The summed E-state index contributed by atoms with van der Waals surface area (Å²) in [5, 5.41) is 9.31. The third kappa shape index (κ3) is 10.4. The van der Waals surface area contributed by atoms with Gasteiger partial charge in [0.05, 0.1) is 7.11 Å². The molecule has 0 radical (unpaired) electrons. The zero-order valence-electron chi connectivity index (χ0n) is 17.9. The third-order valence-electron chi connectivity index (χ3n) is 4.71. The Balaban J connectivity index is 0.00000450. The molecule has 0 aromatic heterocycles. The number of methoxy groups -OCH3 is 1. The highest BCUT2D eigenvalue weighted by molar-refractivity contribution is 14.0. The molecule has 0 saturated carbocycles. The summed E-state index contributed by atoms with van der Waals surface area (Å²) in [6, 6.07) is 7.08. The Labute approximate surface area is 196 Å². The van der Waals surface area contributed by atoms with Crippen LogP contribution >= 0.6 is 24.0 Å². The molecule has 0 atom stereocenters. The Morgan fingerprint density at radius 2 is 1.90 bits per heavy atom. The lowest BCUT2D eigenvalue weighted by Crippen LogP contribution is -2.42. The van der Waals surface area contributed by atoms with Crippen LogP contribution in [0, 0.1) is 5.92 Å². The second-order valence-corrected chi connectivity index (χ2v) is 6.90. The van der Waals surface area contributed by atoms with Crippen LogP contribution in [0.4, 0.5) is 0 Å². The Hall–Kier alpha value is -1.59. The molecule has 1 aliphatic rings. The minimum absolute atomic E-state index is 0. The SMILES string of the molecule is CN=C(NCCCOCC1CCOCC1)NCCNC(=O)c1cccc(OC)c1.I. The topological polar surface area (TPSA) is 93.2 Å². The van der Waals surface area contributed by atoms with E-state index in [9.17, 15) is 4.79 Å². The number of rotatable bonds is 11. The molecule has 0 spiro atoms. The Morgan fingerprint density at radius 3 is 2.63 bits per heavy atom. The molecule has 0 bridgehead atoms. The van der Waals surface area contributed by atoms with Crippen molar-refractivity contribution in [2.75, 3.05) is 60.2 Å². The van der Waals surface area contributed by atoms with Crippen molar-refractivity contribution in [1.82, 2.24) is 16.0 Å². The fourth-order valence-electron chi connectivity index (χ4n) is 2.99. The fourth-order valence-corrected chi connectivity index (χ4v) is 2.99. The van der Waals surface area contributed by atoms with Gasteiger partial charge in [0.15, 0.2) is 5.96 Å². The average Bonchev–Trinajstić information content (AvgIpc) is 2.78. The summed E-state index contributed by atoms with van der Waals surface area (Å²) in [7, 11) is 3.31. The van der Waals surface area contributed by atoms with Crippen LogP contribution in [0.1, 0.15) is 29.6 Å². The van der Waals surface area contributed by atoms with Gasteiger partial charge >= 0.3 is 0 Å². The van der Waals surface area contributed by atoms with Gasteiger partial charge in [0, 0.05) is 58.7 Å². The van der Waals surface area contributed by atoms with Gasteiger partial charge < -0.3 is 30.2 Å². The number of hydrogen-bond acceptors (Lipinski definition) is 5. The van der Waals surface area contributed by atoms with Gasteiger partial charge in [0.25, 0.3) is 5.91 Å². The minimum Gasteiger partial charge on any atom is -0.497 e. The maximum atomic E-state index is 12.2. The van der Waals surface area contributed by atoms with Crippen molar-refractivity contribution in [3.63, 3.8) is 0 Å². The zero-order valence-corrected chi connectivity index (χ0v) is 20.3. The van der Waals surface area contributed by atoms with Gasteiger partial charge in [-0.15, -0.1) is 24.0 Å². The lowest BCUT2D eigenvalue weighted by atomic mass is 10.0. The van der Waals surface area contributed by atoms with Gasteiger partial charge in [-0.05, 0) is 43.4 Å². The molecule has 9 heteroatoms. The molecule has 3 N–H and O–H groups in total. The molecule has 2 rings (SSSR count). The molecule has 1 heterocycles. The largest absolute Gasteiger partial charge is 0.497 e. The summed E-state index contributed by atoms with van der Waals surface area (Å²) in [6.07, 6.45) is 3.11. The number of carbonyl (C=O) groups is 1. The van der Waals surface area contributed by atoms with E-state index in [4.69, 9.17) is 14.2 Å². The highest BCUT2D eigenvalue weighted by Gasteiger charge is 2.13. The molecular weight excluding hydrogens is 499 g/mol. The van der Waals surface area contributed by atoms with Crippen LogP contribution in [0.2, 0.25) is 0 Å². The van der Waals surface area contributed by atoms with Crippen molar-refractivity contribution in [2.45, 2.75) is 19.3 Å². The molecule has 1 aromatic carbocycles. The average molecular weight is 534 g/mol. The lowest BCUT2D eigenvalue weighted by molar-refractivity contribution is 0.0203. The number of guanidine groups is 1. The number of ether oxygens (including phenoxy) is 3. The first kappa shape index (κ1) is 26.4. The van der Waals surface area contributed by atoms with Crippen molar-refractivity contribution in [3.8, 4) is 5.75 Å². The number of halogens is 1. The van der Waals surface area contributed by atoms with Crippen LogP contribution in [-0.4, -0.2) is 72.1 Å². The summed E-state index contributed by atoms with van der Waals surface area (Å²) in [5.41, 5.74) is 0.576. The van der Waals surface area contributed by atoms with Crippen molar-refractivity contribution in [3.05, 3.63) is 29.8 Å². The van der Waals surface area contributed by atoms with Crippen LogP contribution in [0.3, 0.4) is 0 Å². The van der Waals surface area contributed by atoms with Gasteiger partial charge in [-0.25, -0.2) is 0 Å². The maximum absolute atomic E-state index is 12.2. The van der Waals surface area contributed by atoms with Gasteiger partial charge in [-0.1, -0.05) is 6.07 Å². The van der Waals surface area contributed by atoms with E-state index >= 15 is 0 Å². The normalized spacial score (nSPS) is 14.5. The molecular formula is C21H35IN4O4. The monoisotopic (exact) mass is 534 g/mol. The Kier molecular flexibility index (Phi) is 14.2. The van der Waals surface area contributed by atoms with E-state index < -0.39 is 0 Å². The summed E-state index contributed by atoms with van der Waals surface area (Å²) in [5.74, 6) is 1.89. The van der Waals surface area contributed by atoms with Crippen LogP contribution < -0.4 is 20.7 Å². The van der Waals surface area contributed by atoms with E-state index in [1.165, 1.54) is 0 Å². The number of nitrogens with one attached hydrogen (secondary N) is 3. The molecule has 170 valence electrons. The van der Waals surface area contributed by atoms with E-state index in [1.54, 1.807) is 32.4 Å². The zero-order chi connectivity index (χ0) is 20.7. The number of aliphatic imine (C=N–C) groups is 1. The molecule has 1 aliphatic heterocycles. The van der Waals surface area contributed by atoms with Crippen molar-refractivity contribution < 1.29 is 19.0 Å². The smallest absolute Gasteiger partial charge is 0.251 e. The van der Waals surface area contributed by atoms with E-state index in [1.807, 2.05) is 6.07 Å². The maximum Gasteiger partial charge on any atom is 0.251 e. The van der Waals surface area contributed by atoms with Crippen LogP contribution in [0.5, 0.6) is 5.75 Å². The Morgan fingerprint density at radius 1 is 1.17 bits per heavy atom. The van der Waals surface area contributed by atoms with Gasteiger partial charge in [-0.2, -0.15) is 0 Å². The summed E-state index contributed by atoms with van der Waals surface area (Å²) in [4.78, 5) is 16.3. The van der Waals surface area contributed by atoms with Crippen LogP contribution in [0.25, 0.3) is 0 Å². The van der Waals surface area contributed by atoms with Gasteiger partial charge in [0.1, 0.15) is 5.75 Å². The molecule has 8 nitrogen and oxygen atoms in total. The first-order chi connectivity index (χ1) is 14.2. The number of benzene rings is 1. The summed E-state index contributed by atoms with van der Waals surface area (Å²) in [6.45, 7) is 5.13. The molecule has 1 fully saturated rings. The van der Waals surface area contributed by atoms with E-state index in [-0.39, 0.29) is 29.9 Å². The molecule has 30 heavy (non-hydrogen) atoms. The number of nitrogens with zero attached hydrogens (tertiary/aromatic N) is 1. The summed E-state index contributed by atoms with van der Waals surface area (Å²) >= 11 is 0. The fraction of sp³-hybridized carbons (Fsp3) is 0.619. The molecule has 1 aromatic rings. The van der Waals surface area contributed by atoms with Crippen molar-refractivity contribution in [1.29, 1.82) is 0 Å². The highest BCUT2D eigenvalue weighted by atomic mass is 127.